The molecule has 0 aliphatic heterocycles. The van der Waals surface area contributed by atoms with Crippen molar-refractivity contribution < 1.29 is 9.59 Å². The van der Waals surface area contributed by atoms with Crippen LogP contribution in [0.15, 0.2) is 42.7 Å². The fourth-order valence-electron chi connectivity index (χ4n) is 2.46. The number of benzene rings is 1. The minimum atomic E-state index is -0.276. The van der Waals surface area contributed by atoms with E-state index < -0.39 is 0 Å². The Labute approximate surface area is 139 Å². The molecule has 0 fully saturated rings. The van der Waals surface area contributed by atoms with Gasteiger partial charge in [-0.25, -0.2) is 9.67 Å². The predicted molar refractivity (Wildman–Crippen MR) is 92.3 cm³/mol. The Bertz CT molecular complexity index is 928. The number of carbonyl (C=O) groups is 2. The van der Waals surface area contributed by atoms with Gasteiger partial charge in [0.1, 0.15) is 0 Å². The van der Waals surface area contributed by atoms with Gasteiger partial charge in [-0.2, -0.15) is 5.10 Å². The van der Waals surface area contributed by atoms with E-state index in [-0.39, 0.29) is 17.7 Å². The molecule has 0 spiro atoms. The lowest BCUT2D eigenvalue weighted by molar-refractivity contribution is 0.101. The summed E-state index contributed by atoms with van der Waals surface area (Å²) >= 11 is 0. The molecule has 0 aliphatic carbocycles. The summed E-state index contributed by atoms with van der Waals surface area (Å²) in [5.74, 6) is -0.322. The van der Waals surface area contributed by atoms with E-state index in [1.165, 1.54) is 13.1 Å². The smallest absolute Gasteiger partial charge is 0.257 e. The van der Waals surface area contributed by atoms with Crippen LogP contribution in [-0.2, 0) is 0 Å². The zero-order chi connectivity index (χ0) is 17.3. The maximum atomic E-state index is 12.4. The molecule has 0 saturated heterocycles. The summed E-state index contributed by atoms with van der Waals surface area (Å²) in [7, 11) is 0. The van der Waals surface area contributed by atoms with Crippen molar-refractivity contribution in [3.63, 3.8) is 0 Å². The fourth-order valence-corrected chi connectivity index (χ4v) is 2.46. The maximum absolute atomic E-state index is 12.4. The van der Waals surface area contributed by atoms with E-state index >= 15 is 0 Å². The number of rotatable bonds is 4. The lowest BCUT2D eigenvalue weighted by atomic mass is 10.1. The van der Waals surface area contributed by atoms with Gasteiger partial charge in [-0.05, 0) is 39.0 Å². The second-order valence-electron chi connectivity index (χ2n) is 5.91. The summed E-state index contributed by atoms with van der Waals surface area (Å²) in [5.41, 5.74) is 2.32. The SMILES string of the molecule is CC(=O)c1cccc(NC(=O)c2cnc3c(cnn3C(C)C)c2)c1. The molecule has 6 heteroatoms. The van der Waals surface area contributed by atoms with Crippen LogP contribution in [0.5, 0.6) is 0 Å². The Morgan fingerprint density at radius 1 is 1.12 bits per heavy atom. The summed E-state index contributed by atoms with van der Waals surface area (Å²) in [6, 6.07) is 8.81. The average Bonchev–Trinajstić information content (AvgIpc) is 2.98. The van der Waals surface area contributed by atoms with Crippen LogP contribution in [0.3, 0.4) is 0 Å². The summed E-state index contributed by atoms with van der Waals surface area (Å²) in [5, 5.41) is 7.90. The third kappa shape index (κ3) is 3.03. The molecular weight excluding hydrogens is 304 g/mol. The van der Waals surface area contributed by atoms with Gasteiger partial charge in [-0.3, -0.25) is 9.59 Å². The molecule has 3 aromatic rings. The normalized spacial score (nSPS) is 11.0. The molecule has 0 bridgehead atoms. The van der Waals surface area contributed by atoms with E-state index in [0.717, 1.165) is 11.0 Å². The topological polar surface area (TPSA) is 76.9 Å². The molecule has 0 atom stereocenters. The highest BCUT2D eigenvalue weighted by Gasteiger charge is 2.12. The Morgan fingerprint density at radius 3 is 2.62 bits per heavy atom. The summed E-state index contributed by atoms with van der Waals surface area (Å²) in [6.07, 6.45) is 3.24. The summed E-state index contributed by atoms with van der Waals surface area (Å²) < 4.78 is 1.81. The average molecular weight is 322 g/mol. The minimum Gasteiger partial charge on any atom is -0.322 e. The van der Waals surface area contributed by atoms with Crippen molar-refractivity contribution in [3.05, 3.63) is 53.9 Å². The highest BCUT2D eigenvalue weighted by molar-refractivity contribution is 6.06. The second kappa shape index (κ2) is 6.23. The van der Waals surface area contributed by atoms with Crippen molar-refractivity contribution in [1.82, 2.24) is 14.8 Å². The number of carbonyl (C=O) groups excluding carboxylic acids is 2. The van der Waals surface area contributed by atoms with E-state index in [4.69, 9.17) is 0 Å². The van der Waals surface area contributed by atoms with E-state index in [0.29, 0.717) is 16.8 Å². The fraction of sp³-hybridized carbons (Fsp3) is 0.222. The number of hydrogen-bond donors (Lipinski definition) is 1. The van der Waals surface area contributed by atoms with Crippen LogP contribution in [0.25, 0.3) is 11.0 Å². The summed E-state index contributed by atoms with van der Waals surface area (Å²) in [6.45, 7) is 5.54. The number of nitrogens with zero attached hydrogens (tertiary/aromatic N) is 3. The van der Waals surface area contributed by atoms with Gasteiger partial charge in [0.25, 0.3) is 5.91 Å². The number of nitrogens with one attached hydrogen (secondary N) is 1. The van der Waals surface area contributed by atoms with Crippen molar-refractivity contribution in [2.24, 2.45) is 0 Å². The highest BCUT2D eigenvalue weighted by Crippen LogP contribution is 2.18. The van der Waals surface area contributed by atoms with Gasteiger partial charge in [-0.1, -0.05) is 12.1 Å². The van der Waals surface area contributed by atoms with E-state index in [1.807, 2.05) is 18.5 Å². The molecule has 0 unspecified atom stereocenters. The number of aromatic nitrogens is 3. The Kier molecular flexibility index (Phi) is 4.12. The molecule has 2 heterocycles. The molecule has 0 aliphatic rings. The monoisotopic (exact) mass is 322 g/mol. The Morgan fingerprint density at radius 2 is 1.92 bits per heavy atom. The van der Waals surface area contributed by atoms with Gasteiger partial charge in [0.2, 0.25) is 0 Å². The largest absolute Gasteiger partial charge is 0.322 e. The molecule has 0 saturated carbocycles. The highest BCUT2D eigenvalue weighted by atomic mass is 16.1. The number of anilines is 1. The standard InChI is InChI=1S/C18H18N4O2/c1-11(2)22-17-14(10-20-22)7-15(9-19-17)18(24)21-16-6-4-5-13(8-16)12(3)23/h4-11H,1-3H3,(H,21,24). The lowest BCUT2D eigenvalue weighted by Gasteiger charge is -2.08. The number of hydrogen-bond acceptors (Lipinski definition) is 4. The summed E-state index contributed by atoms with van der Waals surface area (Å²) in [4.78, 5) is 28.2. The van der Waals surface area contributed by atoms with Crippen molar-refractivity contribution in [2.45, 2.75) is 26.8 Å². The first-order chi connectivity index (χ1) is 11.5. The minimum absolute atomic E-state index is 0.0460. The molecule has 1 amide bonds. The number of pyridine rings is 1. The van der Waals surface area contributed by atoms with Crippen LogP contribution >= 0.6 is 0 Å². The number of ketones is 1. The van der Waals surface area contributed by atoms with Crippen molar-refractivity contribution in [3.8, 4) is 0 Å². The van der Waals surface area contributed by atoms with Crippen LogP contribution in [0.4, 0.5) is 5.69 Å². The molecule has 6 nitrogen and oxygen atoms in total. The second-order valence-corrected chi connectivity index (χ2v) is 5.91. The molecular formula is C18H18N4O2. The van der Waals surface area contributed by atoms with Gasteiger partial charge in [0, 0.05) is 28.9 Å². The molecule has 24 heavy (non-hydrogen) atoms. The van der Waals surface area contributed by atoms with Gasteiger partial charge < -0.3 is 5.32 Å². The van der Waals surface area contributed by atoms with E-state index in [2.05, 4.69) is 15.4 Å². The number of Topliss-reactive ketones (excluding diaryl/α,β-unsaturated/α-hetero) is 1. The van der Waals surface area contributed by atoms with Crippen LogP contribution < -0.4 is 5.32 Å². The quantitative estimate of drug-likeness (QED) is 0.746. The first-order valence-electron chi connectivity index (χ1n) is 7.71. The van der Waals surface area contributed by atoms with Crippen LogP contribution in [0.1, 0.15) is 47.5 Å². The van der Waals surface area contributed by atoms with Gasteiger partial charge >= 0.3 is 0 Å². The third-order valence-corrected chi connectivity index (χ3v) is 3.71. The first-order valence-corrected chi connectivity index (χ1v) is 7.71. The Hall–Kier alpha value is -3.02. The van der Waals surface area contributed by atoms with Crippen molar-refractivity contribution in [2.75, 3.05) is 5.32 Å². The van der Waals surface area contributed by atoms with E-state index in [1.54, 1.807) is 36.5 Å². The van der Waals surface area contributed by atoms with Crippen molar-refractivity contribution in [1.29, 1.82) is 0 Å². The van der Waals surface area contributed by atoms with Gasteiger partial charge in [0.15, 0.2) is 11.4 Å². The molecule has 1 N–H and O–H groups in total. The van der Waals surface area contributed by atoms with Gasteiger partial charge in [-0.15, -0.1) is 0 Å². The predicted octanol–water partition coefficient (Wildman–Crippen LogP) is 3.47. The first kappa shape index (κ1) is 15.9. The zero-order valence-corrected chi connectivity index (χ0v) is 13.8. The molecule has 122 valence electrons. The van der Waals surface area contributed by atoms with Crippen LogP contribution in [-0.4, -0.2) is 26.5 Å². The van der Waals surface area contributed by atoms with Crippen molar-refractivity contribution >= 4 is 28.4 Å². The molecule has 2 aromatic heterocycles. The Balaban J connectivity index is 1.86. The number of fused-ring (bicyclic) bond motifs is 1. The van der Waals surface area contributed by atoms with Crippen LogP contribution in [0, 0.1) is 0 Å². The maximum Gasteiger partial charge on any atom is 0.257 e. The molecule has 0 radical (unpaired) electrons. The zero-order valence-electron chi connectivity index (χ0n) is 13.8. The van der Waals surface area contributed by atoms with E-state index in [9.17, 15) is 9.59 Å². The molecule has 3 rings (SSSR count). The number of amides is 1. The van der Waals surface area contributed by atoms with Crippen LogP contribution in [0.2, 0.25) is 0 Å². The molecule has 1 aromatic carbocycles. The van der Waals surface area contributed by atoms with Gasteiger partial charge in [0.05, 0.1) is 11.8 Å². The third-order valence-electron chi connectivity index (χ3n) is 3.71. The lowest BCUT2D eigenvalue weighted by Crippen LogP contribution is -2.13.